The average molecular weight is 342 g/mol. The Morgan fingerprint density at radius 1 is 1.32 bits per heavy atom. The normalized spacial score (nSPS) is 12.6. The Bertz CT molecular complexity index is 430. The Hall–Kier alpha value is -0.790. The molecule has 0 fully saturated rings. The lowest BCUT2D eigenvalue weighted by molar-refractivity contribution is -0.274. The van der Waals surface area contributed by atoms with Crippen LogP contribution in [0.4, 0.5) is 13.2 Å². The molecule has 2 N–H and O–H groups in total. The van der Waals surface area contributed by atoms with Crippen molar-refractivity contribution in [2.45, 2.75) is 32.4 Å². The molecule has 0 bridgehead atoms. The molecule has 0 spiro atoms. The first kappa shape index (κ1) is 16.3. The van der Waals surface area contributed by atoms with E-state index in [-0.39, 0.29) is 10.2 Å². The topological polar surface area (TPSA) is 41.5 Å². The van der Waals surface area contributed by atoms with Crippen LogP contribution in [-0.4, -0.2) is 23.6 Å². The van der Waals surface area contributed by atoms with Crippen LogP contribution in [0.15, 0.2) is 22.7 Å². The van der Waals surface area contributed by atoms with Crippen LogP contribution in [0.2, 0.25) is 0 Å². The van der Waals surface area contributed by atoms with Crippen LogP contribution >= 0.6 is 15.9 Å². The smallest absolute Gasteiger partial charge is 0.405 e. The van der Waals surface area contributed by atoms with E-state index >= 15 is 0 Å². The molecule has 0 atom stereocenters. The van der Waals surface area contributed by atoms with Crippen molar-refractivity contribution in [3.63, 3.8) is 0 Å². The Labute approximate surface area is 117 Å². The quantitative estimate of drug-likeness (QED) is 0.864. The van der Waals surface area contributed by atoms with Gasteiger partial charge in [-0.15, -0.1) is 13.2 Å². The Balaban J connectivity index is 2.62. The van der Waals surface area contributed by atoms with Crippen LogP contribution in [0, 0.1) is 0 Å². The van der Waals surface area contributed by atoms with Crippen LogP contribution in [0.5, 0.6) is 5.75 Å². The van der Waals surface area contributed by atoms with E-state index in [0.29, 0.717) is 13.1 Å². The van der Waals surface area contributed by atoms with E-state index in [4.69, 9.17) is 0 Å². The molecule has 7 heteroatoms. The lowest BCUT2D eigenvalue weighted by atomic mass is 10.1. The average Bonchev–Trinajstić information content (AvgIpc) is 2.18. The molecule has 0 aliphatic heterocycles. The van der Waals surface area contributed by atoms with Crippen molar-refractivity contribution >= 4 is 15.9 Å². The number of rotatable bonds is 5. The summed E-state index contributed by atoms with van der Waals surface area (Å²) in [5.74, 6) is -0.279. The van der Waals surface area contributed by atoms with Crippen molar-refractivity contribution in [1.82, 2.24) is 5.32 Å². The highest BCUT2D eigenvalue weighted by Crippen LogP contribution is 2.31. The second-order valence-corrected chi connectivity index (χ2v) is 5.58. The lowest BCUT2D eigenvalue weighted by Gasteiger charge is -2.18. The zero-order valence-electron chi connectivity index (χ0n) is 10.5. The molecule has 108 valence electrons. The third-order valence-electron chi connectivity index (χ3n) is 2.11. The predicted octanol–water partition coefficient (Wildman–Crippen LogP) is 3.21. The third kappa shape index (κ3) is 6.79. The van der Waals surface area contributed by atoms with Gasteiger partial charge in [-0.25, -0.2) is 0 Å². The van der Waals surface area contributed by atoms with Crippen molar-refractivity contribution < 1.29 is 23.0 Å². The van der Waals surface area contributed by atoms with E-state index in [9.17, 15) is 18.3 Å². The van der Waals surface area contributed by atoms with Gasteiger partial charge in [0.25, 0.3) is 0 Å². The molecule has 0 unspecified atom stereocenters. The number of aliphatic hydroxyl groups is 1. The fourth-order valence-electron chi connectivity index (χ4n) is 1.37. The molecule has 0 amide bonds. The molecule has 1 rings (SSSR count). The highest BCUT2D eigenvalue weighted by Gasteiger charge is 2.31. The Kier molecular flexibility index (Phi) is 5.23. The largest absolute Gasteiger partial charge is 0.573 e. The summed E-state index contributed by atoms with van der Waals surface area (Å²) in [6.45, 7) is 4.15. The van der Waals surface area contributed by atoms with E-state index in [0.717, 1.165) is 5.56 Å². The van der Waals surface area contributed by atoms with E-state index < -0.39 is 12.0 Å². The molecule has 0 saturated heterocycles. The zero-order chi connectivity index (χ0) is 14.7. The zero-order valence-corrected chi connectivity index (χ0v) is 12.1. The molecule has 1 aromatic carbocycles. The lowest BCUT2D eigenvalue weighted by Crippen LogP contribution is -2.34. The van der Waals surface area contributed by atoms with Gasteiger partial charge in [0.1, 0.15) is 5.75 Å². The maximum Gasteiger partial charge on any atom is 0.573 e. The molecule has 0 aliphatic rings. The molecule has 0 saturated carbocycles. The predicted molar refractivity (Wildman–Crippen MR) is 68.8 cm³/mol. The maximum absolute atomic E-state index is 12.1. The van der Waals surface area contributed by atoms with Gasteiger partial charge >= 0.3 is 6.36 Å². The van der Waals surface area contributed by atoms with Gasteiger partial charge in [-0.1, -0.05) is 6.07 Å². The molecule has 0 aromatic heterocycles. The Morgan fingerprint density at radius 3 is 2.42 bits per heavy atom. The second-order valence-electron chi connectivity index (χ2n) is 4.73. The van der Waals surface area contributed by atoms with Crippen molar-refractivity contribution in [2.24, 2.45) is 0 Å². The van der Waals surface area contributed by atoms with Crippen LogP contribution in [0.3, 0.4) is 0 Å². The Morgan fingerprint density at radius 2 is 1.95 bits per heavy atom. The summed E-state index contributed by atoms with van der Waals surface area (Å²) in [4.78, 5) is 0. The number of hydrogen-bond donors (Lipinski definition) is 2. The highest BCUT2D eigenvalue weighted by atomic mass is 79.9. The van der Waals surface area contributed by atoms with Crippen molar-refractivity contribution in [3.05, 3.63) is 28.2 Å². The van der Waals surface area contributed by atoms with Gasteiger partial charge in [-0.2, -0.15) is 0 Å². The first-order valence-corrected chi connectivity index (χ1v) is 6.33. The van der Waals surface area contributed by atoms with Crippen LogP contribution in [-0.2, 0) is 6.54 Å². The minimum Gasteiger partial charge on any atom is -0.405 e. The molecule has 0 radical (unpaired) electrons. The van der Waals surface area contributed by atoms with Crippen LogP contribution < -0.4 is 10.1 Å². The first-order valence-electron chi connectivity index (χ1n) is 5.54. The van der Waals surface area contributed by atoms with Crippen molar-refractivity contribution in [2.75, 3.05) is 6.54 Å². The molecular weight excluding hydrogens is 327 g/mol. The first-order chi connectivity index (χ1) is 8.57. The van der Waals surface area contributed by atoms with Gasteiger partial charge in [0.2, 0.25) is 0 Å². The summed E-state index contributed by atoms with van der Waals surface area (Å²) in [6, 6.07) is 4.32. The molecule has 19 heavy (non-hydrogen) atoms. The minimum absolute atomic E-state index is 0.229. The van der Waals surface area contributed by atoms with E-state index in [1.165, 1.54) is 12.1 Å². The summed E-state index contributed by atoms with van der Waals surface area (Å²) in [7, 11) is 0. The monoisotopic (exact) mass is 341 g/mol. The number of ether oxygens (including phenoxy) is 1. The van der Waals surface area contributed by atoms with Crippen LogP contribution in [0.1, 0.15) is 19.4 Å². The van der Waals surface area contributed by atoms with Gasteiger partial charge in [-0.05, 0) is 47.5 Å². The fraction of sp³-hybridized carbons (Fsp3) is 0.500. The maximum atomic E-state index is 12.1. The van der Waals surface area contributed by atoms with Gasteiger partial charge < -0.3 is 15.2 Å². The minimum atomic E-state index is -4.71. The summed E-state index contributed by atoms with van der Waals surface area (Å²) < 4.78 is 40.3. The SMILES string of the molecule is CC(C)(O)CNCc1ccc(OC(F)(F)F)c(Br)c1. The van der Waals surface area contributed by atoms with E-state index in [1.807, 2.05) is 0 Å². The molecule has 0 heterocycles. The molecule has 3 nitrogen and oxygen atoms in total. The molecular formula is C12H15BrF3NO2. The van der Waals surface area contributed by atoms with Crippen LogP contribution in [0.25, 0.3) is 0 Å². The number of alkyl halides is 3. The van der Waals surface area contributed by atoms with Gasteiger partial charge in [-0.3, -0.25) is 0 Å². The van der Waals surface area contributed by atoms with E-state index in [1.54, 1.807) is 19.9 Å². The van der Waals surface area contributed by atoms with Gasteiger partial charge in [0, 0.05) is 13.1 Å². The van der Waals surface area contributed by atoms with Gasteiger partial charge in [0.05, 0.1) is 10.1 Å². The number of nitrogens with one attached hydrogen (secondary N) is 1. The van der Waals surface area contributed by atoms with Crippen molar-refractivity contribution in [3.8, 4) is 5.75 Å². The second kappa shape index (κ2) is 6.11. The summed E-state index contributed by atoms with van der Waals surface area (Å²) in [5, 5.41) is 12.5. The van der Waals surface area contributed by atoms with Crippen molar-refractivity contribution in [1.29, 1.82) is 0 Å². The highest BCUT2D eigenvalue weighted by molar-refractivity contribution is 9.10. The van der Waals surface area contributed by atoms with E-state index in [2.05, 4.69) is 26.0 Å². The fourth-order valence-corrected chi connectivity index (χ4v) is 1.88. The summed E-state index contributed by atoms with van der Waals surface area (Å²) >= 11 is 3.03. The number of hydrogen-bond acceptors (Lipinski definition) is 3. The molecule has 1 aromatic rings. The number of halogens is 4. The number of benzene rings is 1. The molecule has 0 aliphatic carbocycles. The summed E-state index contributed by atoms with van der Waals surface area (Å²) in [6.07, 6.45) is -4.71. The third-order valence-corrected chi connectivity index (χ3v) is 2.73. The summed E-state index contributed by atoms with van der Waals surface area (Å²) in [5.41, 5.74) is -0.0537. The van der Waals surface area contributed by atoms with Gasteiger partial charge in [0.15, 0.2) is 0 Å². The standard InChI is InChI=1S/C12H15BrF3NO2/c1-11(2,18)7-17-6-8-3-4-10(9(13)5-8)19-12(14,15)16/h3-5,17-18H,6-7H2,1-2H3.